The molecule has 1 aromatic carbocycles. The van der Waals surface area contributed by atoms with Crippen molar-refractivity contribution in [3.63, 3.8) is 0 Å². The van der Waals surface area contributed by atoms with Crippen molar-refractivity contribution in [1.29, 1.82) is 0 Å². The predicted molar refractivity (Wildman–Crippen MR) is 91.3 cm³/mol. The number of para-hydroxylation sites is 1. The van der Waals surface area contributed by atoms with Gasteiger partial charge in [-0.15, -0.1) is 0 Å². The Morgan fingerprint density at radius 1 is 1.28 bits per heavy atom. The number of carbonyl (C=O) groups excluding carboxylic acids is 1. The van der Waals surface area contributed by atoms with Gasteiger partial charge in [-0.25, -0.2) is 4.98 Å². The second-order valence-electron chi connectivity index (χ2n) is 6.07. The van der Waals surface area contributed by atoms with Crippen LogP contribution in [0.4, 0.5) is 0 Å². The first kappa shape index (κ1) is 15.5. The summed E-state index contributed by atoms with van der Waals surface area (Å²) in [6.45, 7) is 1.03. The predicted octanol–water partition coefficient (Wildman–Crippen LogP) is 2.80. The van der Waals surface area contributed by atoms with Crippen molar-refractivity contribution in [1.82, 2.24) is 14.9 Å². The SMILES string of the molecule is O=C(N[C@@H]1CCc2nccn2C1)c1ccc(COc2ccccc2)o1. The summed E-state index contributed by atoms with van der Waals surface area (Å²) in [5.41, 5.74) is 0. The third-order valence-electron chi connectivity index (χ3n) is 4.28. The Bertz CT molecular complexity index is 854. The molecule has 0 radical (unpaired) electrons. The van der Waals surface area contributed by atoms with Crippen LogP contribution in [0.5, 0.6) is 5.75 Å². The minimum Gasteiger partial charge on any atom is -0.486 e. The Labute approximate surface area is 145 Å². The zero-order valence-corrected chi connectivity index (χ0v) is 13.7. The molecule has 1 aliphatic heterocycles. The average Bonchev–Trinajstić information content (AvgIpc) is 3.30. The van der Waals surface area contributed by atoms with Crippen molar-refractivity contribution in [3.8, 4) is 5.75 Å². The summed E-state index contributed by atoms with van der Waals surface area (Å²) in [5, 5.41) is 3.03. The van der Waals surface area contributed by atoms with Crippen LogP contribution >= 0.6 is 0 Å². The van der Waals surface area contributed by atoms with Crippen LogP contribution in [0.25, 0.3) is 0 Å². The van der Waals surface area contributed by atoms with Gasteiger partial charge in [0, 0.05) is 31.4 Å². The van der Waals surface area contributed by atoms with Crippen LogP contribution in [0.15, 0.2) is 59.3 Å². The molecule has 0 spiro atoms. The van der Waals surface area contributed by atoms with Crippen LogP contribution in [0, 0.1) is 0 Å². The van der Waals surface area contributed by atoms with Gasteiger partial charge in [0.2, 0.25) is 0 Å². The van der Waals surface area contributed by atoms with E-state index in [0.29, 0.717) is 18.1 Å². The molecular weight excluding hydrogens is 318 g/mol. The first-order valence-corrected chi connectivity index (χ1v) is 8.35. The van der Waals surface area contributed by atoms with Gasteiger partial charge in [0.25, 0.3) is 5.91 Å². The largest absolute Gasteiger partial charge is 0.486 e. The number of aryl methyl sites for hydroxylation is 1. The fourth-order valence-corrected chi connectivity index (χ4v) is 2.99. The Kier molecular flexibility index (Phi) is 4.24. The second-order valence-corrected chi connectivity index (χ2v) is 6.07. The number of imidazole rings is 1. The first-order valence-electron chi connectivity index (χ1n) is 8.35. The maximum Gasteiger partial charge on any atom is 0.287 e. The zero-order chi connectivity index (χ0) is 17.1. The third-order valence-corrected chi connectivity index (χ3v) is 4.28. The summed E-state index contributed by atoms with van der Waals surface area (Å²) in [6.07, 6.45) is 5.49. The van der Waals surface area contributed by atoms with E-state index in [2.05, 4.69) is 14.9 Å². The number of amides is 1. The van der Waals surface area contributed by atoms with Gasteiger partial charge in [0.15, 0.2) is 5.76 Å². The summed E-state index contributed by atoms with van der Waals surface area (Å²) >= 11 is 0. The summed E-state index contributed by atoms with van der Waals surface area (Å²) in [4.78, 5) is 16.7. The summed E-state index contributed by atoms with van der Waals surface area (Å²) in [5.74, 6) is 2.57. The number of fused-ring (bicyclic) bond motifs is 1. The molecule has 1 aliphatic rings. The van der Waals surface area contributed by atoms with Crippen LogP contribution in [0.3, 0.4) is 0 Å². The molecule has 6 nitrogen and oxygen atoms in total. The van der Waals surface area contributed by atoms with Gasteiger partial charge in [-0.05, 0) is 30.7 Å². The minimum atomic E-state index is -0.195. The van der Waals surface area contributed by atoms with Crippen LogP contribution < -0.4 is 10.1 Å². The Balaban J connectivity index is 1.33. The molecule has 25 heavy (non-hydrogen) atoms. The highest BCUT2D eigenvalue weighted by Gasteiger charge is 2.22. The molecule has 128 valence electrons. The van der Waals surface area contributed by atoms with Crippen molar-refractivity contribution in [2.24, 2.45) is 0 Å². The first-order chi connectivity index (χ1) is 12.3. The standard InChI is InChI=1S/C19H19N3O3/c23-19(21-14-6-9-18-20-10-11-22(18)12-14)17-8-7-16(25-17)13-24-15-4-2-1-3-5-15/h1-5,7-8,10-11,14H,6,9,12-13H2,(H,21,23)/t14-/m1/s1. The molecule has 0 aliphatic carbocycles. The quantitative estimate of drug-likeness (QED) is 0.777. The molecule has 0 saturated carbocycles. The molecule has 0 fully saturated rings. The lowest BCUT2D eigenvalue weighted by Crippen LogP contribution is -2.40. The number of nitrogens with one attached hydrogen (secondary N) is 1. The summed E-state index contributed by atoms with van der Waals surface area (Å²) in [6, 6.07) is 13.0. The number of hydrogen-bond donors (Lipinski definition) is 1. The molecule has 2 aromatic heterocycles. The van der Waals surface area contributed by atoms with E-state index in [-0.39, 0.29) is 11.9 Å². The smallest absolute Gasteiger partial charge is 0.287 e. The van der Waals surface area contributed by atoms with Crippen LogP contribution in [-0.2, 0) is 19.6 Å². The van der Waals surface area contributed by atoms with Gasteiger partial charge in [0.1, 0.15) is 23.9 Å². The van der Waals surface area contributed by atoms with Gasteiger partial charge in [0.05, 0.1) is 0 Å². The molecule has 3 aromatic rings. The molecule has 1 atom stereocenters. The highest BCUT2D eigenvalue weighted by atomic mass is 16.5. The lowest BCUT2D eigenvalue weighted by Gasteiger charge is -2.24. The van der Waals surface area contributed by atoms with Crippen molar-refractivity contribution in [2.45, 2.75) is 32.0 Å². The Morgan fingerprint density at radius 3 is 3.04 bits per heavy atom. The lowest BCUT2D eigenvalue weighted by molar-refractivity contribution is 0.0895. The number of benzene rings is 1. The van der Waals surface area contributed by atoms with E-state index in [9.17, 15) is 4.79 Å². The normalized spacial score (nSPS) is 16.2. The zero-order valence-electron chi connectivity index (χ0n) is 13.7. The summed E-state index contributed by atoms with van der Waals surface area (Å²) in [7, 11) is 0. The van der Waals surface area contributed by atoms with Crippen molar-refractivity contribution >= 4 is 5.91 Å². The van der Waals surface area contributed by atoms with Gasteiger partial charge >= 0.3 is 0 Å². The number of hydrogen-bond acceptors (Lipinski definition) is 4. The molecule has 4 rings (SSSR count). The second kappa shape index (κ2) is 6.84. The Morgan fingerprint density at radius 2 is 2.16 bits per heavy atom. The van der Waals surface area contributed by atoms with Crippen molar-refractivity contribution in [3.05, 3.63) is 72.2 Å². The van der Waals surface area contributed by atoms with E-state index >= 15 is 0 Å². The summed E-state index contributed by atoms with van der Waals surface area (Å²) < 4.78 is 13.3. The number of rotatable bonds is 5. The fraction of sp³-hybridized carbons (Fsp3) is 0.263. The average molecular weight is 337 g/mol. The molecule has 3 heterocycles. The maximum absolute atomic E-state index is 12.4. The lowest BCUT2D eigenvalue weighted by atomic mass is 10.1. The van der Waals surface area contributed by atoms with Crippen LogP contribution in [0.2, 0.25) is 0 Å². The number of furan rings is 1. The van der Waals surface area contributed by atoms with Gasteiger partial charge < -0.3 is 19.0 Å². The van der Waals surface area contributed by atoms with Crippen molar-refractivity contribution < 1.29 is 13.9 Å². The molecule has 0 saturated heterocycles. The topological polar surface area (TPSA) is 69.3 Å². The number of ether oxygens (including phenoxy) is 1. The van der Waals surface area contributed by atoms with Gasteiger partial charge in [-0.3, -0.25) is 4.79 Å². The molecular formula is C19H19N3O3. The maximum atomic E-state index is 12.4. The van der Waals surface area contributed by atoms with E-state index in [1.54, 1.807) is 18.3 Å². The molecule has 0 bridgehead atoms. The number of nitrogens with zero attached hydrogens (tertiary/aromatic N) is 2. The Hall–Kier alpha value is -3.02. The van der Waals surface area contributed by atoms with Gasteiger partial charge in [-0.2, -0.15) is 0 Å². The van der Waals surface area contributed by atoms with Crippen LogP contribution in [0.1, 0.15) is 28.6 Å². The fourth-order valence-electron chi connectivity index (χ4n) is 2.99. The van der Waals surface area contributed by atoms with E-state index in [4.69, 9.17) is 9.15 Å². The van der Waals surface area contributed by atoms with E-state index in [0.717, 1.165) is 31.0 Å². The molecule has 6 heteroatoms. The van der Waals surface area contributed by atoms with Crippen LogP contribution in [-0.4, -0.2) is 21.5 Å². The minimum absolute atomic E-state index is 0.0864. The highest BCUT2D eigenvalue weighted by molar-refractivity contribution is 5.91. The third kappa shape index (κ3) is 3.57. The number of carbonyl (C=O) groups is 1. The van der Waals surface area contributed by atoms with Crippen molar-refractivity contribution in [2.75, 3.05) is 0 Å². The monoisotopic (exact) mass is 337 g/mol. The van der Waals surface area contributed by atoms with E-state index < -0.39 is 0 Å². The highest BCUT2D eigenvalue weighted by Crippen LogP contribution is 2.16. The molecule has 0 unspecified atom stereocenters. The molecule has 1 amide bonds. The molecule has 1 N–H and O–H groups in total. The van der Waals surface area contributed by atoms with E-state index in [1.807, 2.05) is 36.5 Å². The van der Waals surface area contributed by atoms with E-state index in [1.165, 1.54) is 0 Å². The van der Waals surface area contributed by atoms with Gasteiger partial charge in [-0.1, -0.05) is 18.2 Å². The number of aromatic nitrogens is 2.